The Morgan fingerprint density at radius 2 is 2.06 bits per heavy atom. The standard InChI is InChI=1S/C12H8N2O2S/c1-6-2-3-7-5-8-10(15)13-12(16)14-11(8)17-9(7)4-6/h2-5H,1H3,(H,13,15,16). The number of hydrogen-bond donors (Lipinski definition) is 1. The van der Waals surface area contributed by atoms with Gasteiger partial charge in [-0.25, -0.2) is 4.79 Å². The molecule has 0 spiro atoms. The monoisotopic (exact) mass is 244 g/mol. The molecule has 3 rings (SSSR count). The van der Waals surface area contributed by atoms with Gasteiger partial charge in [0.25, 0.3) is 5.56 Å². The highest BCUT2D eigenvalue weighted by Crippen LogP contribution is 2.29. The molecule has 5 heteroatoms. The van der Waals surface area contributed by atoms with E-state index in [9.17, 15) is 9.59 Å². The van der Waals surface area contributed by atoms with Crippen LogP contribution >= 0.6 is 11.3 Å². The van der Waals surface area contributed by atoms with Crippen molar-refractivity contribution in [2.45, 2.75) is 6.92 Å². The zero-order valence-electron chi connectivity index (χ0n) is 8.98. The van der Waals surface area contributed by atoms with Crippen molar-refractivity contribution in [3.8, 4) is 10.6 Å². The van der Waals surface area contributed by atoms with E-state index in [0.717, 1.165) is 15.6 Å². The van der Waals surface area contributed by atoms with E-state index < -0.39 is 5.69 Å². The number of nitrogens with one attached hydrogen (secondary N) is 1. The van der Waals surface area contributed by atoms with Crippen LogP contribution in [0.15, 0.2) is 33.9 Å². The molecular weight excluding hydrogens is 236 g/mol. The first-order valence-corrected chi connectivity index (χ1v) is 5.90. The molecule has 1 aromatic carbocycles. The fourth-order valence-corrected chi connectivity index (χ4v) is 2.84. The first-order chi connectivity index (χ1) is 8.13. The summed E-state index contributed by atoms with van der Waals surface area (Å²) in [5.41, 5.74) is 0.635. The van der Waals surface area contributed by atoms with Crippen LogP contribution in [0.1, 0.15) is 5.56 Å². The van der Waals surface area contributed by atoms with Gasteiger partial charge in [0, 0.05) is 4.70 Å². The van der Waals surface area contributed by atoms with Gasteiger partial charge < -0.3 is 0 Å². The van der Waals surface area contributed by atoms with Crippen molar-refractivity contribution in [2.75, 3.05) is 0 Å². The SMILES string of the molecule is Cc1ccc2cc3c(=O)[nH]c(=O)nc-3sc2c1. The number of aromatic nitrogens is 2. The van der Waals surface area contributed by atoms with Crippen molar-refractivity contribution < 1.29 is 0 Å². The van der Waals surface area contributed by atoms with E-state index in [0.29, 0.717) is 10.6 Å². The number of aromatic amines is 1. The Labute approximate surface area is 99.9 Å². The quantitative estimate of drug-likeness (QED) is 0.613. The molecule has 0 fully saturated rings. The first-order valence-electron chi connectivity index (χ1n) is 5.08. The number of H-pyrrole nitrogens is 1. The predicted octanol–water partition coefficient (Wildman–Crippen LogP) is 1.76. The Balaban J connectivity index is 2.53. The number of rotatable bonds is 0. The van der Waals surface area contributed by atoms with Crippen LogP contribution in [0.2, 0.25) is 0 Å². The van der Waals surface area contributed by atoms with Gasteiger partial charge in [0.1, 0.15) is 5.01 Å². The Bertz CT molecular complexity index is 804. The molecule has 0 saturated heterocycles. The summed E-state index contributed by atoms with van der Waals surface area (Å²) < 4.78 is 1.02. The average Bonchev–Trinajstić information content (AvgIpc) is 2.26. The van der Waals surface area contributed by atoms with Gasteiger partial charge >= 0.3 is 5.69 Å². The fourth-order valence-electron chi connectivity index (χ4n) is 1.76. The molecule has 0 aromatic heterocycles. The lowest BCUT2D eigenvalue weighted by Gasteiger charge is -2.04. The third-order valence-corrected chi connectivity index (χ3v) is 3.65. The first kappa shape index (κ1) is 10.2. The molecule has 17 heavy (non-hydrogen) atoms. The number of hydrogen-bond acceptors (Lipinski definition) is 4. The molecule has 0 bridgehead atoms. The van der Waals surface area contributed by atoms with Gasteiger partial charge in [-0.1, -0.05) is 12.1 Å². The summed E-state index contributed by atoms with van der Waals surface area (Å²) in [5.74, 6) is 0. The second-order valence-electron chi connectivity index (χ2n) is 3.88. The van der Waals surface area contributed by atoms with Crippen LogP contribution in [0.5, 0.6) is 0 Å². The highest BCUT2D eigenvalue weighted by molar-refractivity contribution is 7.21. The minimum atomic E-state index is -0.592. The van der Waals surface area contributed by atoms with E-state index in [1.807, 2.05) is 25.1 Å². The van der Waals surface area contributed by atoms with Crippen LogP contribution in [0.25, 0.3) is 20.7 Å². The maximum absolute atomic E-state index is 11.6. The second-order valence-corrected chi connectivity index (χ2v) is 4.91. The Morgan fingerprint density at radius 3 is 2.88 bits per heavy atom. The number of nitrogens with zero attached hydrogens (tertiary/aromatic N) is 1. The van der Waals surface area contributed by atoms with Crippen LogP contribution < -0.4 is 11.2 Å². The summed E-state index contributed by atoms with van der Waals surface area (Å²) in [6.45, 7) is 2.00. The Morgan fingerprint density at radius 1 is 1.24 bits per heavy atom. The van der Waals surface area contributed by atoms with Crippen LogP contribution in [-0.2, 0) is 0 Å². The fraction of sp³-hybridized carbons (Fsp3) is 0.0833. The van der Waals surface area contributed by atoms with Crippen LogP contribution in [0.4, 0.5) is 0 Å². The molecule has 1 aromatic rings. The molecule has 0 unspecified atom stereocenters. The van der Waals surface area contributed by atoms with Crippen molar-refractivity contribution in [1.82, 2.24) is 9.97 Å². The van der Waals surface area contributed by atoms with E-state index in [1.54, 1.807) is 6.07 Å². The molecule has 0 amide bonds. The zero-order valence-corrected chi connectivity index (χ0v) is 9.80. The van der Waals surface area contributed by atoms with E-state index in [4.69, 9.17) is 0 Å². The Kier molecular flexibility index (Phi) is 2.09. The smallest absolute Gasteiger partial charge is 0.272 e. The van der Waals surface area contributed by atoms with Gasteiger partial charge in [-0.15, -0.1) is 11.3 Å². The zero-order chi connectivity index (χ0) is 12.0. The van der Waals surface area contributed by atoms with E-state index in [-0.39, 0.29) is 5.56 Å². The van der Waals surface area contributed by atoms with Gasteiger partial charge in [-0.2, -0.15) is 4.98 Å². The van der Waals surface area contributed by atoms with Crippen LogP contribution in [0, 0.1) is 6.92 Å². The summed E-state index contributed by atoms with van der Waals surface area (Å²) in [5, 5.41) is 1.47. The number of benzene rings is 1. The molecule has 0 saturated carbocycles. The summed E-state index contributed by atoms with van der Waals surface area (Å²) in [7, 11) is 0. The van der Waals surface area contributed by atoms with Gasteiger partial charge in [-0.3, -0.25) is 9.78 Å². The molecule has 84 valence electrons. The Hall–Kier alpha value is -2.01. The lowest BCUT2D eigenvalue weighted by Crippen LogP contribution is -2.24. The van der Waals surface area contributed by atoms with E-state index >= 15 is 0 Å². The summed E-state index contributed by atoms with van der Waals surface area (Å²) in [6, 6.07) is 7.74. The minimum Gasteiger partial charge on any atom is -0.272 e. The van der Waals surface area contributed by atoms with Crippen molar-refractivity contribution in [2.24, 2.45) is 0 Å². The van der Waals surface area contributed by atoms with Crippen LogP contribution in [-0.4, -0.2) is 9.97 Å². The van der Waals surface area contributed by atoms with Gasteiger partial charge in [0.2, 0.25) is 0 Å². The molecular formula is C12H8N2O2S. The second kappa shape index (κ2) is 3.49. The highest BCUT2D eigenvalue weighted by atomic mass is 32.1. The molecule has 2 aliphatic rings. The van der Waals surface area contributed by atoms with Crippen molar-refractivity contribution in [1.29, 1.82) is 0 Å². The van der Waals surface area contributed by atoms with Crippen molar-refractivity contribution >= 4 is 21.4 Å². The maximum atomic E-state index is 11.6. The van der Waals surface area contributed by atoms with Crippen LogP contribution in [0.3, 0.4) is 0 Å². The van der Waals surface area contributed by atoms with E-state index in [1.165, 1.54) is 11.3 Å². The molecule has 0 aliphatic carbocycles. The summed E-state index contributed by atoms with van der Waals surface area (Å²) in [6.07, 6.45) is 0. The summed E-state index contributed by atoms with van der Waals surface area (Å²) in [4.78, 5) is 28.8. The normalized spacial score (nSPS) is 11.1. The van der Waals surface area contributed by atoms with Crippen molar-refractivity contribution in [3.63, 3.8) is 0 Å². The van der Waals surface area contributed by atoms with Gasteiger partial charge in [-0.05, 0) is 30.0 Å². The third kappa shape index (κ3) is 1.64. The third-order valence-electron chi connectivity index (χ3n) is 2.57. The topological polar surface area (TPSA) is 62.8 Å². The average molecular weight is 244 g/mol. The molecule has 1 N–H and O–H groups in total. The predicted molar refractivity (Wildman–Crippen MR) is 67.9 cm³/mol. The minimum absolute atomic E-state index is 0.376. The largest absolute Gasteiger partial charge is 0.349 e. The molecule has 0 radical (unpaired) electrons. The lowest BCUT2D eigenvalue weighted by molar-refractivity contribution is 1.05. The number of fused-ring (bicyclic) bond motifs is 2. The maximum Gasteiger partial charge on any atom is 0.349 e. The lowest BCUT2D eigenvalue weighted by atomic mass is 10.1. The molecule has 2 aliphatic heterocycles. The summed E-state index contributed by atoms with van der Waals surface area (Å²) >= 11 is 1.36. The highest BCUT2D eigenvalue weighted by Gasteiger charge is 2.11. The van der Waals surface area contributed by atoms with Crippen molar-refractivity contribution in [3.05, 3.63) is 50.7 Å². The molecule has 4 nitrogen and oxygen atoms in total. The van der Waals surface area contributed by atoms with Gasteiger partial charge in [0.15, 0.2) is 0 Å². The molecule has 2 heterocycles. The van der Waals surface area contributed by atoms with Gasteiger partial charge in [0.05, 0.1) is 5.56 Å². The van der Waals surface area contributed by atoms with E-state index in [2.05, 4.69) is 9.97 Å². The number of aryl methyl sites for hydroxylation is 1. The molecule has 0 atom stereocenters.